The maximum atomic E-state index is 13.8. The molecule has 3 aliphatic carbocycles. The second-order valence-corrected chi connectivity index (χ2v) is 19.2. The highest BCUT2D eigenvalue weighted by atomic mass is 16.5. The van der Waals surface area contributed by atoms with E-state index in [0.29, 0.717) is 47.7 Å². The van der Waals surface area contributed by atoms with E-state index in [4.69, 9.17) is 9.47 Å². The summed E-state index contributed by atoms with van der Waals surface area (Å²) in [5, 5.41) is 0. The fourth-order valence-electron chi connectivity index (χ4n) is 9.78. The minimum atomic E-state index is -0.366. The highest BCUT2D eigenvalue weighted by molar-refractivity contribution is 5.82. The minimum absolute atomic E-state index is 0.136. The lowest BCUT2D eigenvalue weighted by molar-refractivity contribution is -0.168. The molecule has 0 bridgehead atoms. The van der Waals surface area contributed by atoms with Crippen LogP contribution < -0.4 is 0 Å². The van der Waals surface area contributed by atoms with Crippen molar-refractivity contribution in [2.45, 2.75) is 184 Å². The lowest BCUT2D eigenvalue weighted by Crippen LogP contribution is -2.41. The summed E-state index contributed by atoms with van der Waals surface area (Å²) >= 11 is 0. The summed E-state index contributed by atoms with van der Waals surface area (Å²) < 4.78 is 12.4. The minimum Gasteiger partial charge on any atom is -0.465 e. The lowest BCUT2D eigenvalue weighted by atomic mass is 9.70. The van der Waals surface area contributed by atoms with Crippen LogP contribution in [0.5, 0.6) is 0 Å². The third-order valence-corrected chi connectivity index (χ3v) is 12.6. The van der Waals surface area contributed by atoms with Crippen molar-refractivity contribution in [3.05, 3.63) is 0 Å². The molecule has 47 heavy (non-hydrogen) atoms. The topological polar surface area (TPSA) is 52.6 Å². The summed E-state index contributed by atoms with van der Waals surface area (Å²) in [5.41, 5.74) is 0.726. The highest BCUT2D eigenvalue weighted by Gasteiger charge is 2.43. The van der Waals surface area contributed by atoms with Gasteiger partial charge in [0.2, 0.25) is 0 Å². The molecule has 0 spiro atoms. The van der Waals surface area contributed by atoms with Gasteiger partial charge in [0.15, 0.2) is 0 Å². The zero-order valence-electron chi connectivity index (χ0n) is 32.7. The number of hydrogen-bond donors (Lipinski definition) is 0. The highest BCUT2D eigenvalue weighted by Crippen LogP contribution is 2.43. The molecule has 0 amide bonds. The van der Waals surface area contributed by atoms with E-state index < -0.39 is 0 Å². The Hall–Kier alpha value is -1.06. The van der Waals surface area contributed by atoms with E-state index in [1.54, 1.807) is 0 Å². The van der Waals surface area contributed by atoms with Crippen molar-refractivity contribution in [2.24, 2.45) is 64.1 Å². The van der Waals surface area contributed by atoms with Crippen molar-refractivity contribution in [1.29, 1.82) is 0 Å². The third-order valence-electron chi connectivity index (χ3n) is 12.6. The van der Waals surface area contributed by atoms with Crippen molar-refractivity contribution in [3.63, 3.8) is 0 Å². The molecule has 9 unspecified atom stereocenters. The summed E-state index contributed by atoms with van der Waals surface area (Å²) in [6.45, 7) is 21.8. The summed E-state index contributed by atoms with van der Waals surface area (Å²) in [6.07, 6.45) is 22.8. The molecule has 0 N–H and O–H groups in total. The van der Waals surface area contributed by atoms with Crippen molar-refractivity contribution in [1.82, 2.24) is 0 Å². The van der Waals surface area contributed by atoms with Crippen LogP contribution in [0.4, 0.5) is 0 Å². The predicted molar refractivity (Wildman–Crippen MR) is 197 cm³/mol. The molecule has 3 fully saturated rings. The van der Waals surface area contributed by atoms with Crippen molar-refractivity contribution in [3.8, 4) is 0 Å². The van der Waals surface area contributed by atoms with E-state index in [1.165, 1.54) is 103 Å². The Labute approximate surface area is 292 Å². The van der Waals surface area contributed by atoms with Gasteiger partial charge >= 0.3 is 11.9 Å². The first-order chi connectivity index (χ1) is 22.2. The van der Waals surface area contributed by atoms with Gasteiger partial charge in [-0.1, -0.05) is 133 Å². The first-order valence-corrected chi connectivity index (χ1v) is 20.5. The van der Waals surface area contributed by atoms with Gasteiger partial charge in [-0.3, -0.25) is 9.59 Å². The average molecular weight is 659 g/mol. The molecule has 0 aromatic rings. The number of ether oxygens (including phenoxy) is 2. The lowest BCUT2D eigenvalue weighted by Gasteiger charge is -2.38. The van der Waals surface area contributed by atoms with Crippen LogP contribution in [-0.2, 0) is 19.1 Å². The SMILES string of the molecule is CCCC1CCC(COC(=O)C2CCCC(C)C2C(=O)OCC2CCC(CCC)CC2CCCC(C)(C)C)C(CCCC(C)(C)C)C1. The van der Waals surface area contributed by atoms with Crippen LogP contribution >= 0.6 is 0 Å². The molecule has 0 radical (unpaired) electrons. The Morgan fingerprint density at radius 3 is 1.51 bits per heavy atom. The molecule has 3 rings (SSSR count). The first-order valence-electron chi connectivity index (χ1n) is 20.5. The number of esters is 2. The Bertz CT molecular complexity index is 912. The summed E-state index contributed by atoms with van der Waals surface area (Å²) in [4.78, 5) is 27.6. The Morgan fingerprint density at radius 2 is 1.06 bits per heavy atom. The zero-order chi connectivity index (χ0) is 34.6. The van der Waals surface area contributed by atoms with Gasteiger partial charge in [0.05, 0.1) is 25.0 Å². The fraction of sp³-hybridized carbons (Fsp3) is 0.953. The molecule has 3 aliphatic rings. The van der Waals surface area contributed by atoms with Crippen LogP contribution in [0.15, 0.2) is 0 Å². The van der Waals surface area contributed by atoms with Crippen molar-refractivity contribution in [2.75, 3.05) is 13.2 Å². The molecule has 274 valence electrons. The summed E-state index contributed by atoms with van der Waals surface area (Å²) in [6, 6.07) is 0. The van der Waals surface area contributed by atoms with Crippen molar-refractivity contribution < 1.29 is 19.1 Å². The maximum Gasteiger partial charge on any atom is 0.310 e. The molecule has 0 aliphatic heterocycles. The quantitative estimate of drug-likeness (QED) is 0.155. The molecule has 9 atom stereocenters. The maximum absolute atomic E-state index is 13.8. The van der Waals surface area contributed by atoms with Gasteiger partial charge in [-0.25, -0.2) is 0 Å². The van der Waals surface area contributed by atoms with Gasteiger partial charge < -0.3 is 9.47 Å². The predicted octanol–water partition coefficient (Wildman–Crippen LogP) is 12.2. The zero-order valence-corrected chi connectivity index (χ0v) is 32.7. The molecule has 3 saturated carbocycles. The monoisotopic (exact) mass is 659 g/mol. The van der Waals surface area contributed by atoms with E-state index >= 15 is 0 Å². The van der Waals surface area contributed by atoms with E-state index in [1.807, 2.05) is 0 Å². The number of rotatable bonds is 16. The van der Waals surface area contributed by atoms with E-state index in [2.05, 4.69) is 62.3 Å². The van der Waals surface area contributed by atoms with Gasteiger partial charge in [-0.15, -0.1) is 0 Å². The standard InChI is InChI=1S/C43H78O4/c1-10-15-32-21-23-36(34(27-32)18-13-25-42(4,5)6)29-46-40(44)38-20-12-17-31(3)39(38)41(45)47-30-37-24-22-33(16-11-2)28-35(37)19-14-26-43(7,8)9/h31-39H,10-30H2,1-9H3. The largest absolute Gasteiger partial charge is 0.465 e. The van der Waals surface area contributed by atoms with Crippen LogP contribution in [0.1, 0.15) is 184 Å². The van der Waals surface area contributed by atoms with Crippen molar-refractivity contribution >= 4 is 11.9 Å². The van der Waals surface area contributed by atoms with Crippen LogP contribution in [0, 0.1) is 64.1 Å². The van der Waals surface area contributed by atoms with E-state index in [9.17, 15) is 9.59 Å². The van der Waals surface area contributed by atoms with Crippen LogP contribution in [0.2, 0.25) is 0 Å². The van der Waals surface area contributed by atoms with E-state index in [-0.39, 0.29) is 29.7 Å². The average Bonchev–Trinajstić information content (AvgIpc) is 2.99. The Kier molecular flexibility index (Phi) is 16.6. The van der Waals surface area contributed by atoms with Crippen LogP contribution in [0.25, 0.3) is 0 Å². The van der Waals surface area contributed by atoms with E-state index in [0.717, 1.165) is 31.1 Å². The van der Waals surface area contributed by atoms with Gasteiger partial charge in [0.1, 0.15) is 0 Å². The van der Waals surface area contributed by atoms with Crippen LogP contribution in [-0.4, -0.2) is 25.2 Å². The molecule has 0 aromatic carbocycles. The molecule has 4 heteroatoms. The number of hydrogen-bond acceptors (Lipinski definition) is 4. The molecule has 4 nitrogen and oxygen atoms in total. The second kappa shape index (κ2) is 19.4. The Balaban J connectivity index is 1.58. The Morgan fingerprint density at radius 1 is 0.596 bits per heavy atom. The number of carbonyl (C=O) groups is 2. The van der Waals surface area contributed by atoms with Gasteiger partial charge in [-0.05, 0) is 104 Å². The molecule has 0 aromatic heterocycles. The summed E-state index contributed by atoms with van der Waals surface area (Å²) in [5.74, 6) is 3.01. The fourth-order valence-corrected chi connectivity index (χ4v) is 9.78. The van der Waals surface area contributed by atoms with Gasteiger partial charge in [0.25, 0.3) is 0 Å². The normalized spacial score (nSPS) is 32.1. The molecule has 0 heterocycles. The molecular formula is C43H78O4. The van der Waals surface area contributed by atoms with Gasteiger partial charge in [0, 0.05) is 0 Å². The van der Waals surface area contributed by atoms with Crippen LogP contribution in [0.3, 0.4) is 0 Å². The third kappa shape index (κ3) is 14.0. The second-order valence-electron chi connectivity index (χ2n) is 19.2. The summed E-state index contributed by atoms with van der Waals surface area (Å²) in [7, 11) is 0. The smallest absolute Gasteiger partial charge is 0.310 e. The molecule has 0 saturated heterocycles. The first kappa shape index (κ1) is 40.4. The number of carbonyl (C=O) groups excluding carboxylic acids is 2. The van der Waals surface area contributed by atoms with Gasteiger partial charge in [-0.2, -0.15) is 0 Å². The molecular weight excluding hydrogens is 580 g/mol.